The zero-order valence-electron chi connectivity index (χ0n) is 11.8. The summed E-state index contributed by atoms with van der Waals surface area (Å²) in [6.45, 7) is 2.34. The van der Waals surface area contributed by atoms with E-state index in [1.165, 1.54) is 7.05 Å². The maximum atomic E-state index is 11.6. The maximum absolute atomic E-state index is 11.6. The Hall–Kier alpha value is -1.67. The highest BCUT2D eigenvalue weighted by molar-refractivity contribution is 5.94. The van der Waals surface area contributed by atoms with E-state index in [1.54, 1.807) is 0 Å². The van der Waals surface area contributed by atoms with Crippen LogP contribution in [0.3, 0.4) is 0 Å². The normalized spacial score (nSPS) is 15.9. The van der Waals surface area contributed by atoms with Crippen molar-refractivity contribution in [3.8, 4) is 0 Å². The third-order valence-corrected chi connectivity index (χ3v) is 3.29. The minimum absolute atomic E-state index is 0.137. The predicted molar refractivity (Wildman–Crippen MR) is 73.9 cm³/mol. The quantitative estimate of drug-likeness (QED) is 0.467. The molecule has 0 aromatic carbocycles. The van der Waals surface area contributed by atoms with Gasteiger partial charge in [-0.05, 0) is 25.9 Å². The predicted octanol–water partition coefficient (Wildman–Crippen LogP) is -1.63. The Labute approximate surface area is 118 Å². The van der Waals surface area contributed by atoms with E-state index >= 15 is 0 Å². The Morgan fingerprint density at radius 1 is 1.30 bits per heavy atom. The van der Waals surface area contributed by atoms with E-state index in [9.17, 15) is 14.4 Å². The molecule has 8 nitrogen and oxygen atoms in total. The van der Waals surface area contributed by atoms with Gasteiger partial charge in [0.15, 0.2) is 0 Å². The first-order valence-corrected chi connectivity index (χ1v) is 6.77. The van der Waals surface area contributed by atoms with Crippen molar-refractivity contribution in [2.45, 2.75) is 25.3 Å². The van der Waals surface area contributed by atoms with Gasteiger partial charge in [-0.3, -0.25) is 19.8 Å². The van der Waals surface area contributed by atoms with Gasteiger partial charge >= 0.3 is 6.03 Å². The molecule has 4 amide bonds. The highest BCUT2D eigenvalue weighted by Crippen LogP contribution is 2.11. The van der Waals surface area contributed by atoms with Crippen molar-refractivity contribution in [2.75, 3.05) is 33.2 Å². The second-order valence-corrected chi connectivity index (χ2v) is 4.80. The largest absolute Gasteiger partial charge is 0.369 e. The SMILES string of the molecule is CNC(=O)NC(=O)CCN(CC(N)=O)C1CCNCC1. The van der Waals surface area contributed by atoms with Crippen LogP contribution in [0.4, 0.5) is 4.79 Å². The number of urea groups is 1. The summed E-state index contributed by atoms with van der Waals surface area (Å²) in [4.78, 5) is 35.6. The van der Waals surface area contributed by atoms with Crippen LogP contribution in [0, 0.1) is 0 Å². The van der Waals surface area contributed by atoms with Crippen LogP contribution >= 0.6 is 0 Å². The van der Waals surface area contributed by atoms with E-state index in [4.69, 9.17) is 5.73 Å². The van der Waals surface area contributed by atoms with Crippen LogP contribution < -0.4 is 21.7 Å². The van der Waals surface area contributed by atoms with Crippen LogP contribution in [0.5, 0.6) is 0 Å². The molecule has 5 N–H and O–H groups in total. The summed E-state index contributed by atoms with van der Waals surface area (Å²) in [5.41, 5.74) is 5.25. The molecule has 1 aliphatic heterocycles. The number of carbonyl (C=O) groups is 3. The smallest absolute Gasteiger partial charge is 0.321 e. The van der Waals surface area contributed by atoms with E-state index in [0.717, 1.165) is 25.9 Å². The molecule has 1 aliphatic rings. The summed E-state index contributed by atoms with van der Waals surface area (Å²) in [6, 6.07) is -0.283. The van der Waals surface area contributed by atoms with Gasteiger partial charge in [-0.2, -0.15) is 0 Å². The number of hydrogen-bond donors (Lipinski definition) is 4. The highest BCUT2D eigenvalue weighted by atomic mass is 16.2. The summed E-state index contributed by atoms with van der Waals surface area (Å²) in [5.74, 6) is -0.775. The highest BCUT2D eigenvalue weighted by Gasteiger charge is 2.22. The number of rotatable bonds is 6. The zero-order valence-corrected chi connectivity index (χ0v) is 11.8. The Morgan fingerprint density at radius 3 is 2.50 bits per heavy atom. The third-order valence-electron chi connectivity index (χ3n) is 3.29. The maximum Gasteiger partial charge on any atom is 0.321 e. The van der Waals surface area contributed by atoms with Crippen LogP contribution in [-0.2, 0) is 9.59 Å². The fraction of sp³-hybridized carbons (Fsp3) is 0.750. The molecule has 1 fully saturated rings. The molecule has 1 rings (SSSR count). The van der Waals surface area contributed by atoms with E-state index < -0.39 is 11.9 Å². The van der Waals surface area contributed by atoms with Gasteiger partial charge in [-0.15, -0.1) is 0 Å². The second-order valence-electron chi connectivity index (χ2n) is 4.80. The topological polar surface area (TPSA) is 117 Å². The molecule has 8 heteroatoms. The van der Waals surface area contributed by atoms with E-state index in [-0.39, 0.29) is 24.9 Å². The zero-order chi connectivity index (χ0) is 15.0. The van der Waals surface area contributed by atoms with Crippen LogP contribution in [0.2, 0.25) is 0 Å². The average molecular weight is 285 g/mol. The molecule has 0 aromatic rings. The van der Waals surface area contributed by atoms with Crippen molar-refractivity contribution in [3.05, 3.63) is 0 Å². The van der Waals surface area contributed by atoms with Crippen LogP contribution in [-0.4, -0.2) is 62.0 Å². The monoisotopic (exact) mass is 285 g/mol. The average Bonchev–Trinajstić information content (AvgIpc) is 2.43. The van der Waals surface area contributed by atoms with Gasteiger partial charge < -0.3 is 16.4 Å². The molecular formula is C12H23N5O3. The number of nitrogens with two attached hydrogens (primary N) is 1. The molecule has 0 radical (unpaired) electrons. The number of piperidine rings is 1. The second kappa shape index (κ2) is 8.49. The van der Waals surface area contributed by atoms with Gasteiger partial charge in [0.25, 0.3) is 0 Å². The minimum Gasteiger partial charge on any atom is -0.369 e. The number of nitrogens with zero attached hydrogens (tertiary/aromatic N) is 1. The van der Waals surface area contributed by atoms with Crippen LogP contribution in [0.15, 0.2) is 0 Å². The number of carbonyl (C=O) groups excluding carboxylic acids is 3. The van der Waals surface area contributed by atoms with Gasteiger partial charge in [-0.25, -0.2) is 4.79 Å². The summed E-state index contributed by atoms with van der Waals surface area (Å²) < 4.78 is 0. The molecule has 20 heavy (non-hydrogen) atoms. The molecule has 0 saturated carbocycles. The lowest BCUT2D eigenvalue weighted by Crippen LogP contribution is -2.48. The fourth-order valence-corrected chi connectivity index (χ4v) is 2.26. The molecule has 0 atom stereocenters. The van der Waals surface area contributed by atoms with Gasteiger partial charge in [0.05, 0.1) is 6.54 Å². The van der Waals surface area contributed by atoms with Gasteiger partial charge in [0.1, 0.15) is 0 Å². The summed E-state index contributed by atoms with van der Waals surface area (Å²) in [7, 11) is 1.44. The van der Waals surface area contributed by atoms with E-state index in [2.05, 4.69) is 16.0 Å². The van der Waals surface area contributed by atoms with Crippen molar-refractivity contribution in [1.29, 1.82) is 0 Å². The Morgan fingerprint density at radius 2 is 1.95 bits per heavy atom. The van der Waals surface area contributed by atoms with Crippen molar-refractivity contribution in [2.24, 2.45) is 5.73 Å². The number of amides is 4. The molecular weight excluding hydrogens is 262 g/mol. The first-order valence-electron chi connectivity index (χ1n) is 6.77. The van der Waals surface area contributed by atoms with Crippen LogP contribution in [0.1, 0.15) is 19.3 Å². The number of imide groups is 1. The first kappa shape index (κ1) is 16.4. The van der Waals surface area contributed by atoms with Gasteiger partial charge in [-0.1, -0.05) is 0 Å². The van der Waals surface area contributed by atoms with E-state index in [1.807, 2.05) is 4.90 Å². The lowest BCUT2D eigenvalue weighted by Gasteiger charge is -2.33. The number of hydrogen-bond acceptors (Lipinski definition) is 5. The lowest BCUT2D eigenvalue weighted by molar-refractivity contribution is -0.123. The molecule has 0 aliphatic carbocycles. The molecule has 0 unspecified atom stereocenters. The van der Waals surface area contributed by atoms with Crippen molar-refractivity contribution < 1.29 is 14.4 Å². The molecule has 0 aromatic heterocycles. The first-order chi connectivity index (χ1) is 9.52. The van der Waals surface area contributed by atoms with E-state index in [0.29, 0.717) is 6.54 Å². The lowest BCUT2D eigenvalue weighted by atomic mass is 10.0. The fourth-order valence-electron chi connectivity index (χ4n) is 2.26. The van der Waals surface area contributed by atoms with Crippen LogP contribution in [0.25, 0.3) is 0 Å². The Balaban J connectivity index is 2.45. The Bertz CT molecular complexity index is 355. The van der Waals surface area contributed by atoms with Gasteiger partial charge in [0.2, 0.25) is 11.8 Å². The minimum atomic E-state index is -0.529. The van der Waals surface area contributed by atoms with Crippen molar-refractivity contribution >= 4 is 17.8 Å². The molecule has 0 bridgehead atoms. The molecule has 0 spiro atoms. The van der Waals surface area contributed by atoms with Crippen molar-refractivity contribution in [3.63, 3.8) is 0 Å². The summed E-state index contributed by atoms with van der Waals surface area (Å²) >= 11 is 0. The molecule has 1 saturated heterocycles. The number of primary amides is 1. The van der Waals surface area contributed by atoms with Crippen molar-refractivity contribution in [1.82, 2.24) is 20.9 Å². The Kier molecular flexibility index (Phi) is 6.96. The molecule has 1 heterocycles. The molecule has 114 valence electrons. The summed E-state index contributed by atoms with van der Waals surface area (Å²) in [5, 5.41) is 7.76. The van der Waals surface area contributed by atoms with Gasteiger partial charge in [0, 0.05) is 26.1 Å². The number of nitrogens with one attached hydrogen (secondary N) is 3. The standard InChI is InChI=1S/C12H23N5O3/c1-14-12(20)16-11(19)4-7-17(8-10(13)18)9-2-5-15-6-3-9/h9,15H,2-8H2,1H3,(H2,13,18)(H2,14,16,19,20). The summed E-state index contributed by atoms with van der Waals surface area (Å²) in [6.07, 6.45) is 2.00. The third kappa shape index (κ3) is 5.98.